The minimum atomic E-state index is -0.246. The first-order chi connectivity index (χ1) is 13.7. The maximum absolute atomic E-state index is 12.7. The van der Waals surface area contributed by atoms with Crippen LogP contribution in [0.1, 0.15) is 54.7 Å². The molecule has 2 aromatic heterocycles. The Balaban J connectivity index is 1.24. The molecule has 4 aliphatic carbocycles. The Bertz CT molecular complexity index is 1040. The van der Waals surface area contributed by atoms with Crippen LogP contribution in [0.15, 0.2) is 35.8 Å². The van der Waals surface area contributed by atoms with Gasteiger partial charge in [-0.2, -0.15) is 0 Å². The number of aromatic nitrogens is 3. The summed E-state index contributed by atoms with van der Waals surface area (Å²) >= 11 is 1.53. The average Bonchev–Trinajstić information content (AvgIpc) is 3.16. The monoisotopic (exact) mass is 390 g/mol. The van der Waals surface area contributed by atoms with E-state index in [0.717, 1.165) is 28.8 Å². The van der Waals surface area contributed by atoms with E-state index in [2.05, 4.69) is 20.7 Å². The average molecular weight is 391 g/mol. The molecule has 1 aromatic carbocycles. The van der Waals surface area contributed by atoms with Crippen molar-refractivity contribution in [2.45, 2.75) is 43.9 Å². The molecule has 7 rings (SSSR count). The zero-order valence-corrected chi connectivity index (χ0v) is 16.4. The molecule has 0 atom stereocenters. The Morgan fingerprint density at radius 3 is 2.39 bits per heavy atom. The van der Waals surface area contributed by atoms with Crippen molar-refractivity contribution in [3.8, 4) is 0 Å². The summed E-state index contributed by atoms with van der Waals surface area (Å²) in [5, 5.41) is 5.79. The van der Waals surface area contributed by atoms with E-state index in [0.29, 0.717) is 10.8 Å². The molecule has 1 N–H and O–H groups in total. The molecule has 0 radical (unpaired) electrons. The van der Waals surface area contributed by atoms with Crippen LogP contribution in [0.4, 0.5) is 5.13 Å². The van der Waals surface area contributed by atoms with Crippen LogP contribution in [0, 0.1) is 17.8 Å². The third-order valence-corrected chi connectivity index (χ3v) is 7.75. The molecule has 4 fully saturated rings. The van der Waals surface area contributed by atoms with Crippen molar-refractivity contribution in [2.24, 2.45) is 17.8 Å². The number of amides is 1. The molecule has 0 saturated heterocycles. The summed E-state index contributed by atoms with van der Waals surface area (Å²) in [5.41, 5.74) is 3.31. The van der Waals surface area contributed by atoms with E-state index in [9.17, 15) is 4.79 Å². The van der Waals surface area contributed by atoms with E-state index in [4.69, 9.17) is 4.98 Å². The first-order valence-electron chi connectivity index (χ1n) is 10.2. The van der Waals surface area contributed by atoms with Gasteiger partial charge in [0, 0.05) is 10.8 Å². The summed E-state index contributed by atoms with van der Waals surface area (Å²) in [4.78, 5) is 26.3. The Morgan fingerprint density at radius 1 is 1.00 bits per heavy atom. The van der Waals surface area contributed by atoms with E-state index >= 15 is 0 Å². The van der Waals surface area contributed by atoms with E-state index in [-0.39, 0.29) is 11.3 Å². The van der Waals surface area contributed by atoms with Crippen molar-refractivity contribution in [3.63, 3.8) is 0 Å². The quantitative estimate of drug-likeness (QED) is 0.697. The molecule has 28 heavy (non-hydrogen) atoms. The SMILES string of the molecule is O=C(Nc1nc(C23CC4CC(CC(C4)C2)C3)cs1)c1cnc2ccccc2n1. The number of nitrogens with one attached hydrogen (secondary N) is 1. The van der Waals surface area contributed by atoms with Crippen LogP contribution >= 0.6 is 11.3 Å². The van der Waals surface area contributed by atoms with Crippen molar-refractivity contribution in [3.05, 3.63) is 47.2 Å². The first-order valence-corrected chi connectivity index (χ1v) is 11.0. The molecule has 2 heterocycles. The van der Waals surface area contributed by atoms with Gasteiger partial charge in [0.25, 0.3) is 5.91 Å². The van der Waals surface area contributed by atoms with E-state index in [1.54, 1.807) is 0 Å². The maximum atomic E-state index is 12.7. The fourth-order valence-corrected chi connectivity index (χ4v) is 7.06. The van der Waals surface area contributed by atoms with Crippen molar-refractivity contribution >= 4 is 33.4 Å². The van der Waals surface area contributed by atoms with E-state index < -0.39 is 0 Å². The minimum absolute atomic E-state index is 0.246. The second-order valence-electron chi connectivity index (χ2n) is 8.93. The van der Waals surface area contributed by atoms with E-state index in [1.165, 1.54) is 61.8 Å². The number of hydrogen-bond donors (Lipinski definition) is 1. The number of carbonyl (C=O) groups excluding carboxylic acids is 1. The fourth-order valence-electron chi connectivity index (χ4n) is 6.23. The Morgan fingerprint density at radius 2 is 1.68 bits per heavy atom. The lowest BCUT2D eigenvalue weighted by molar-refractivity contribution is -0.00688. The van der Waals surface area contributed by atoms with Gasteiger partial charge >= 0.3 is 0 Å². The second kappa shape index (κ2) is 6.08. The van der Waals surface area contributed by atoms with Gasteiger partial charge in [-0.3, -0.25) is 15.1 Å². The van der Waals surface area contributed by atoms with Crippen molar-refractivity contribution in [1.82, 2.24) is 15.0 Å². The zero-order valence-electron chi connectivity index (χ0n) is 15.6. The molecule has 0 unspecified atom stereocenters. The molecule has 0 aliphatic heterocycles. The predicted octanol–water partition coefficient (Wildman–Crippen LogP) is 4.81. The number of carbonyl (C=O) groups is 1. The van der Waals surface area contributed by atoms with Gasteiger partial charge in [-0.05, 0) is 68.4 Å². The lowest BCUT2D eigenvalue weighted by Crippen LogP contribution is -2.48. The van der Waals surface area contributed by atoms with Gasteiger partial charge in [-0.15, -0.1) is 11.3 Å². The lowest BCUT2D eigenvalue weighted by atomic mass is 9.49. The normalized spacial score (nSPS) is 30.6. The van der Waals surface area contributed by atoms with Gasteiger partial charge in [0.05, 0.1) is 22.9 Å². The minimum Gasteiger partial charge on any atom is -0.296 e. The summed E-state index contributed by atoms with van der Waals surface area (Å²) in [7, 11) is 0. The molecular weight excluding hydrogens is 368 g/mol. The summed E-state index contributed by atoms with van der Waals surface area (Å²) in [6, 6.07) is 7.58. The molecule has 4 bridgehead atoms. The molecule has 142 valence electrons. The highest BCUT2D eigenvalue weighted by atomic mass is 32.1. The van der Waals surface area contributed by atoms with Crippen molar-refractivity contribution in [1.29, 1.82) is 0 Å². The van der Waals surface area contributed by atoms with Crippen LogP contribution < -0.4 is 5.32 Å². The van der Waals surface area contributed by atoms with Crippen LogP contribution in [0.2, 0.25) is 0 Å². The van der Waals surface area contributed by atoms with Crippen LogP contribution in [0.25, 0.3) is 11.0 Å². The van der Waals surface area contributed by atoms with Crippen molar-refractivity contribution < 1.29 is 4.79 Å². The second-order valence-corrected chi connectivity index (χ2v) is 9.79. The van der Waals surface area contributed by atoms with Crippen molar-refractivity contribution in [2.75, 3.05) is 5.32 Å². The van der Waals surface area contributed by atoms with Crippen LogP contribution in [0.5, 0.6) is 0 Å². The highest BCUT2D eigenvalue weighted by Gasteiger charge is 2.52. The topological polar surface area (TPSA) is 67.8 Å². The number of fused-ring (bicyclic) bond motifs is 1. The predicted molar refractivity (Wildman–Crippen MR) is 109 cm³/mol. The molecule has 4 saturated carbocycles. The smallest absolute Gasteiger partial charge is 0.277 e. The van der Waals surface area contributed by atoms with E-state index in [1.807, 2.05) is 24.3 Å². The number of thiazole rings is 1. The molecule has 0 spiro atoms. The van der Waals surface area contributed by atoms with Crippen LogP contribution in [-0.2, 0) is 5.41 Å². The highest BCUT2D eigenvalue weighted by molar-refractivity contribution is 7.14. The summed E-state index contributed by atoms with van der Waals surface area (Å²) in [6.45, 7) is 0. The van der Waals surface area contributed by atoms with Gasteiger partial charge < -0.3 is 0 Å². The molecule has 6 heteroatoms. The van der Waals surface area contributed by atoms with Crippen LogP contribution in [-0.4, -0.2) is 20.9 Å². The molecular formula is C22H22N4OS. The Kier molecular flexibility index (Phi) is 3.60. The Labute approximate surface area is 167 Å². The number of rotatable bonds is 3. The zero-order chi connectivity index (χ0) is 18.7. The fraction of sp³-hybridized carbons (Fsp3) is 0.455. The summed E-state index contributed by atoms with van der Waals surface area (Å²) < 4.78 is 0. The maximum Gasteiger partial charge on any atom is 0.277 e. The highest BCUT2D eigenvalue weighted by Crippen LogP contribution is 2.60. The summed E-state index contributed by atoms with van der Waals surface area (Å²) in [6.07, 6.45) is 9.66. The first kappa shape index (κ1) is 16.6. The van der Waals surface area contributed by atoms with Gasteiger partial charge in [0.15, 0.2) is 5.13 Å². The third-order valence-electron chi connectivity index (χ3n) is 6.99. The van der Waals surface area contributed by atoms with Crippen LogP contribution in [0.3, 0.4) is 0 Å². The number of hydrogen-bond acceptors (Lipinski definition) is 5. The number of para-hydroxylation sites is 2. The largest absolute Gasteiger partial charge is 0.296 e. The van der Waals surface area contributed by atoms with Gasteiger partial charge in [0.2, 0.25) is 0 Å². The molecule has 5 nitrogen and oxygen atoms in total. The number of anilines is 1. The third kappa shape index (κ3) is 2.65. The molecule has 4 aliphatic rings. The van der Waals surface area contributed by atoms with Gasteiger partial charge in [-0.1, -0.05) is 12.1 Å². The number of nitrogens with zero attached hydrogens (tertiary/aromatic N) is 3. The molecule has 3 aromatic rings. The van der Waals surface area contributed by atoms with Gasteiger partial charge in [0.1, 0.15) is 5.69 Å². The Hall–Kier alpha value is -2.34. The molecule has 1 amide bonds. The lowest BCUT2D eigenvalue weighted by Gasteiger charge is -2.56. The van der Waals surface area contributed by atoms with Gasteiger partial charge in [-0.25, -0.2) is 9.97 Å². The summed E-state index contributed by atoms with van der Waals surface area (Å²) in [5.74, 6) is 2.42. The number of benzene rings is 1. The standard InChI is InChI=1S/C22H22N4OS/c27-20(18-11-23-16-3-1-2-4-17(16)24-18)26-21-25-19(12-28-21)22-8-13-5-14(9-22)7-15(6-13)10-22/h1-4,11-15H,5-10H2,(H,25,26,27).